The van der Waals surface area contributed by atoms with Gasteiger partial charge in [0.1, 0.15) is 13.1 Å². The number of hydrogen-bond acceptors (Lipinski definition) is 3. The molecule has 0 radical (unpaired) electrons. The molecular weight excluding hydrogens is 216 g/mol. The molecule has 0 saturated carbocycles. The third-order valence-corrected chi connectivity index (χ3v) is 2.00. The van der Waals surface area contributed by atoms with Crippen molar-refractivity contribution in [1.29, 1.82) is 0 Å². The fourth-order valence-corrected chi connectivity index (χ4v) is 0.962. The fraction of sp³-hybridized carbons (Fsp3) is 0.667. The van der Waals surface area contributed by atoms with E-state index in [1.807, 2.05) is 0 Å². The van der Waals surface area contributed by atoms with Crippen LogP contribution >= 0.6 is 0 Å². The van der Waals surface area contributed by atoms with Crippen molar-refractivity contribution in [3.63, 3.8) is 0 Å². The first-order valence-corrected chi connectivity index (χ1v) is 4.71. The second-order valence-corrected chi connectivity index (χ2v) is 3.63. The molecule has 0 heterocycles. The summed E-state index contributed by atoms with van der Waals surface area (Å²) in [6.45, 7) is 2.25. The van der Waals surface area contributed by atoms with Crippen LogP contribution in [0.25, 0.3) is 0 Å². The average Bonchev–Trinajstić information content (AvgIpc) is 2.12. The average molecular weight is 232 g/mol. The first kappa shape index (κ1) is 14.2. The molecule has 0 aromatic rings. The minimum absolute atomic E-state index is 0.127. The van der Waals surface area contributed by atoms with Crippen molar-refractivity contribution < 1.29 is 24.6 Å². The monoisotopic (exact) mass is 232 g/mol. The minimum atomic E-state index is -1.24. The van der Waals surface area contributed by atoms with Crippen LogP contribution in [0.5, 0.6) is 0 Å². The molecule has 0 unspecified atom stereocenters. The van der Waals surface area contributed by atoms with Gasteiger partial charge in [0.05, 0.1) is 0 Å². The highest BCUT2D eigenvalue weighted by Crippen LogP contribution is 2.01. The predicted molar refractivity (Wildman–Crippen MR) is 55.1 cm³/mol. The predicted octanol–water partition coefficient (Wildman–Crippen LogP) is -0.0822. The molecule has 92 valence electrons. The molecule has 0 aliphatic rings. The number of hydrogen-bond donors (Lipinski definition) is 2. The van der Waals surface area contributed by atoms with Gasteiger partial charge < -0.3 is 20.0 Å². The SMILES string of the molecule is CC(C)N(C)C(=O)N(CC(=O)O)CC(=O)O. The number of carboxylic acid groups (broad SMARTS) is 2. The van der Waals surface area contributed by atoms with Crippen molar-refractivity contribution in [3.05, 3.63) is 0 Å². The Morgan fingerprint density at radius 3 is 1.69 bits per heavy atom. The van der Waals surface area contributed by atoms with E-state index >= 15 is 0 Å². The molecule has 0 saturated heterocycles. The third-order valence-electron chi connectivity index (χ3n) is 2.00. The van der Waals surface area contributed by atoms with E-state index in [0.29, 0.717) is 0 Å². The zero-order valence-electron chi connectivity index (χ0n) is 9.51. The standard InChI is InChI=1S/C9H16N2O5/c1-6(2)10(3)9(16)11(4-7(12)13)5-8(14)15/h6H,4-5H2,1-3H3,(H,12,13)(H,14,15). The lowest BCUT2D eigenvalue weighted by Crippen LogP contribution is -2.48. The number of urea groups is 1. The number of carbonyl (C=O) groups excluding carboxylic acids is 1. The van der Waals surface area contributed by atoms with E-state index in [1.165, 1.54) is 11.9 Å². The molecule has 2 N–H and O–H groups in total. The van der Waals surface area contributed by atoms with Gasteiger partial charge in [0.15, 0.2) is 0 Å². The number of amides is 2. The van der Waals surface area contributed by atoms with Crippen molar-refractivity contribution in [2.24, 2.45) is 0 Å². The highest BCUT2D eigenvalue weighted by Gasteiger charge is 2.23. The third kappa shape index (κ3) is 4.63. The lowest BCUT2D eigenvalue weighted by atomic mass is 10.3. The largest absolute Gasteiger partial charge is 0.480 e. The van der Waals surface area contributed by atoms with Crippen LogP contribution < -0.4 is 0 Å². The fourth-order valence-electron chi connectivity index (χ4n) is 0.962. The van der Waals surface area contributed by atoms with Crippen molar-refractivity contribution in [2.45, 2.75) is 19.9 Å². The van der Waals surface area contributed by atoms with E-state index in [1.54, 1.807) is 13.8 Å². The molecule has 0 rings (SSSR count). The van der Waals surface area contributed by atoms with Gasteiger partial charge >= 0.3 is 18.0 Å². The highest BCUT2D eigenvalue weighted by molar-refractivity contribution is 5.84. The first-order valence-electron chi connectivity index (χ1n) is 4.71. The molecule has 16 heavy (non-hydrogen) atoms. The zero-order valence-corrected chi connectivity index (χ0v) is 9.51. The van der Waals surface area contributed by atoms with Crippen LogP contribution in [0.1, 0.15) is 13.8 Å². The Morgan fingerprint density at radius 2 is 1.44 bits per heavy atom. The number of nitrogens with zero attached hydrogens (tertiary/aromatic N) is 2. The summed E-state index contributed by atoms with van der Waals surface area (Å²) in [5.41, 5.74) is 0. The Morgan fingerprint density at radius 1 is 1.06 bits per heavy atom. The molecule has 0 fully saturated rings. The summed E-state index contributed by atoms with van der Waals surface area (Å²) in [6, 6.07) is -0.739. The van der Waals surface area contributed by atoms with Crippen LogP contribution in [0.3, 0.4) is 0 Å². The molecular formula is C9H16N2O5. The number of carboxylic acids is 2. The normalized spacial score (nSPS) is 10.0. The maximum absolute atomic E-state index is 11.7. The van der Waals surface area contributed by atoms with E-state index in [-0.39, 0.29) is 6.04 Å². The highest BCUT2D eigenvalue weighted by atomic mass is 16.4. The second-order valence-electron chi connectivity index (χ2n) is 3.63. The Hall–Kier alpha value is -1.79. The number of aliphatic carboxylic acids is 2. The molecule has 0 aromatic carbocycles. The molecule has 0 aromatic heterocycles. The molecule has 2 amide bonds. The lowest BCUT2D eigenvalue weighted by molar-refractivity contribution is -0.140. The molecule has 0 aliphatic carbocycles. The smallest absolute Gasteiger partial charge is 0.323 e. The van der Waals surface area contributed by atoms with Crippen molar-refractivity contribution in [1.82, 2.24) is 9.80 Å². The summed E-state index contributed by atoms with van der Waals surface area (Å²) in [7, 11) is 1.49. The summed E-state index contributed by atoms with van der Waals surface area (Å²) in [6.07, 6.45) is 0. The van der Waals surface area contributed by atoms with Gasteiger partial charge in [0.25, 0.3) is 0 Å². The van der Waals surface area contributed by atoms with Crippen LogP contribution in [-0.2, 0) is 9.59 Å². The van der Waals surface area contributed by atoms with Gasteiger partial charge in [0, 0.05) is 13.1 Å². The van der Waals surface area contributed by atoms with E-state index in [9.17, 15) is 14.4 Å². The Bertz CT molecular complexity index is 274. The molecule has 0 aliphatic heterocycles. The quantitative estimate of drug-likeness (QED) is 0.690. The molecule has 0 atom stereocenters. The molecule has 7 heteroatoms. The summed E-state index contributed by atoms with van der Waals surface area (Å²) >= 11 is 0. The lowest BCUT2D eigenvalue weighted by Gasteiger charge is -2.28. The summed E-state index contributed by atoms with van der Waals surface area (Å²) in [5, 5.41) is 17.1. The maximum Gasteiger partial charge on any atom is 0.323 e. The van der Waals surface area contributed by atoms with Gasteiger partial charge in [-0.25, -0.2) is 4.79 Å². The summed E-state index contributed by atoms with van der Waals surface area (Å²) < 4.78 is 0. The molecule has 0 bridgehead atoms. The van der Waals surface area contributed by atoms with Crippen LogP contribution in [0.2, 0.25) is 0 Å². The zero-order chi connectivity index (χ0) is 12.9. The van der Waals surface area contributed by atoms with Crippen molar-refractivity contribution >= 4 is 18.0 Å². The van der Waals surface area contributed by atoms with Gasteiger partial charge in [-0.1, -0.05) is 0 Å². The Kier molecular flexibility index (Phi) is 5.27. The Balaban J connectivity index is 4.67. The van der Waals surface area contributed by atoms with E-state index in [4.69, 9.17) is 10.2 Å². The topological polar surface area (TPSA) is 98.2 Å². The maximum atomic E-state index is 11.7. The van der Waals surface area contributed by atoms with Crippen molar-refractivity contribution in [3.8, 4) is 0 Å². The van der Waals surface area contributed by atoms with Crippen LogP contribution in [0.4, 0.5) is 4.79 Å². The second kappa shape index (κ2) is 5.94. The molecule has 7 nitrogen and oxygen atoms in total. The van der Waals surface area contributed by atoms with Crippen LogP contribution in [0, 0.1) is 0 Å². The van der Waals surface area contributed by atoms with Crippen LogP contribution in [0.15, 0.2) is 0 Å². The van der Waals surface area contributed by atoms with E-state index in [2.05, 4.69) is 0 Å². The minimum Gasteiger partial charge on any atom is -0.480 e. The van der Waals surface area contributed by atoms with Gasteiger partial charge in [-0.2, -0.15) is 0 Å². The van der Waals surface area contributed by atoms with Gasteiger partial charge in [-0.3, -0.25) is 9.59 Å². The first-order chi connectivity index (χ1) is 7.25. The summed E-state index contributed by atoms with van der Waals surface area (Å²) in [5.74, 6) is -2.49. The van der Waals surface area contributed by atoms with Gasteiger partial charge in [-0.15, -0.1) is 0 Å². The van der Waals surface area contributed by atoms with Gasteiger partial charge in [0.2, 0.25) is 0 Å². The van der Waals surface area contributed by atoms with E-state index < -0.39 is 31.1 Å². The van der Waals surface area contributed by atoms with Crippen molar-refractivity contribution in [2.75, 3.05) is 20.1 Å². The van der Waals surface area contributed by atoms with Gasteiger partial charge in [-0.05, 0) is 13.8 Å². The number of rotatable bonds is 5. The Labute approximate surface area is 93.3 Å². The van der Waals surface area contributed by atoms with E-state index in [0.717, 1.165) is 4.90 Å². The molecule has 0 spiro atoms. The van der Waals surface area contributed by atoms with Crippen LogP contribution in [-0.4, -0.2) is 64.2 Å². The summed E-state index contributed by atoms with van der Waals surface area (Å²) in [4.78, 5) is 34.7. The number of carbonyl (C=O) groups is 3.